The van der Waals surface area contributed by atoms with Gasteiger partial charge >= 0.3 is 0 Å². The van der Waals surface area contributed by atoms with Gasteiger partial charge in [-0.05, 0) is 41.8 Å². The molecule has 0 unspecified atom stereocenters. The molecule has 124 valence electrons. The zero-order chi connectivity index (χ0) is 16.9. The van der Waals surface area contributed by atoms with Crippen molar-refractivity contribution in [2.45, 2.75) is 19.4 Å². The van der Waals surface area contributed by atoms with Crippen molar-refractivity contribution >= 4 is 17.5 Å². The van der Waals surface area contributed by atoms with Gasteiger partial charge in [0.25, 0.3) is 5.91 Å². The predicted octanol–water partition coefficient (Wildman–Crippen LogP) is 2.41. The topological polar surface area (TPSA) is 67.4 Å². The molecule has 0 aromatic heterocycles. The van der Waals surface area contributed by atoms with E-state index < -0.39 is 0 Å². The zero-order valence-electron chi connectivity index (χ0n) is 13.0. The van der Waals surface area contributed by atoms with Crippen LogP contribution in [0.5, 0.6) is 5.75 Å². The molecular weight excluding hydrogens is 311 g/mol. The van der Waals surface area contributed by atoms with Gasteiger partial charge in [-0.3, -0.25) is 9.59 Å². The van der Waals surface area contributed by atoms with Crippen molar-refractivity contribution in [3.8, 4) is 5.75 Å². The predicted molar refractivity (Wildman–Crippen MR) is 87.1 cm³/mol. The molecule has 2 amide bonds. The van der Waals surface area contributed by atoms with Crippen LogP contribution in [0.3, 0.4) is 0 Å². The fourth-order valence-electron chi connectivity index (χ4n) is 2.43. The van der Waals surface area contributed by atoms with E-state index in [0.29, 0.717) is 30.8 Å². The number of benzene rings is 2. The Bertz CT molecular complexity index is 759. The van der Waals surface area contributed by atoms with Gasteiger partial charge in [0.2, 0.25) is 5.91 Å². The van der Waals surface area contributed by atoms with Crippen LogP contribution in [-0.2, 0) is 22.6 Å². The molecule has 0 spiro atoms. The molecule has 0 aliphatic carbocycles. The molecule has 0 saturated heterocycles. The first-order valence-corrected chi connectivity index (χ1v) is 7.67. The van der Waals surface area contributed by atoms with Crippen molar-refractivity contribution in [3.05, 3.63) is 59.4 Å². The minimum atomic E-state index is -0.283. The number of carbonyl (C=O) groups excluding carboxylic acids is 2. The number of carbonyl (C=O) groups is 2. The van der Waals surface area contributed by atoms with Crippen LogP contribution >= 0.6 is 0 Å². The standard InChI is InChI=1S/C18H17FN2O3/c19-14-5-1-12(2-6-14)4-8-17(22)20-10-13-3-7-15-16(9-13)24-11-18(23)21-15/h1-3,5-7,9H,4,8,10-11H2,(H,20,22)(H,21,23). The first-order chi connectivity index (χ1) is 11.6. The Morgan fingerprint density at radius 3 is 2.71 bits per heavy atom. The lowest BCUT2D eigenvalue weighted by atomic mass is 10.1. The van der Waals surface area contributed by atoms with Crippen molar-refractivity contribution < 1.29 is 18.7 Å². The first kappa shape index (κ1) is 16.0. The molecule has 6 heteroatoms. The lowest BCUT2D eigenvalue weighted by Gasteiger charge is -2.18. The molecule has 1 aliphatic rings. The smallest absolute Gasteiger partial charge is 0.262 e. The molecule has 1 aliphatic heterocycles. The number of hydrogen-bond donors (Lipinski definition) is 2. The van der Waals surface area contributed by atoms with Crippen molar-refractivity contribution in [1.29, 1.82) is 0 Å². The van der Waals surface area contributed by atoms with E-state index in [-0.39, 0.29) is 24.2 Å². The highest BCUT2D eigenvalue weighted by molar-refractivity contribution is 5.95. The van der Waals surface area contributed by atoms with Crippen molar-refractivity contribution in [2.75, 3.05) is 11.9 Å². The fourth-order valence-corrected chi connectivity index (χ4v) is 2.43. The van der Waals surface area contributed by atoms with Crippen LogP contribution in [-0.4, -0.2) is 18.4 Å². The van der Waals surface area contributed by atoms with Crippen LogP contribution < -0.4 is 15.4 Å². The van der Waals surface area contributed by atoms with Crippen molar-refractivity contribution in [3.63, 3.8) is 0 Å². The molecule has 0 saturated carbocycles. The summed E-state index contributed by atoms with van der Waals surface area (Å²) in [5.74, 6) is 0.0669. The summed E-state index contributed by atoms with van der Waals surface area (Å²) in [5.41, 5.74) is 2.45. The lowest BCUT2D eigenvalue weighted by Crippen LogP contribution is -2.26. The van der Waals surface area contributed by atoms with Crippen LogP contribution in [0.1, 0.15) is 17.5 Å². The van der Waals surface area contributed by atoms with E-state index in [4.69, 9.17) is 4.74 Å². The summed E-state index contributed by atoms with van der Waals surface area (Å²) in [6, 6.07) is 11.5. The van der Waals surface area contributed by atoms with Crippen molar-refractivity contribution in [2.24, 2.45) is 0 Å². The van der Waals surface area contributed by atoms with Gasteiger partial charge < -0.3 is 15.4 Å². The molecule has 0 radical (unpaired) electrons. The molecule has 5 nitrogen and oxygen atoms in total. The highest BCUT2D eigenvalue weighted by atomic mass is 19.1. The number of nitrogens with one attached hydrogen (secondary N) is 2. The van der Waals surface area contributed by atoms with E-state index in [1.165, 1.54) is 12.1 Å². The van der Waals surface area contributed by atoms with E-state index in [2.05, 4.69) is 10.6 Å². The molecule has 0 fully saturated rings. The molecule has 3 rings (SSSR count). The van der Waals surface area contributed by atoms with Crippen LogP contribution in [0.2, 0.25) is 0 Å². The Balaban J connectivity index is 1.49. The second-order valence-electron chi connectivity index (χ2n) is 5.57. The Morgan fingerprint density at radius 2 is 1.92 bits per heavy atom. The molecule has 1 heterocycles. The minimum Gasteiger partial charge on any atom is -0.482 e. The number of ether oxygens (including phenoxy) is 1. The highest BCUT2D eigenvalue weighted by Gasteiger charge is 2.15. The van der Waals surface area contributed by atoms with Gasteiger partial charge in [-0.1, -0.05) is 18.2 Å². The Morgan fingerprint density at radius 1 is 1.17 bits per heavy atom. The maximum absolute atomic E-state index is 12.8. The number of amides is 2. The molecule has 2 N–H and O–H groups in total. The molecule has 2 aromatic rings. The quantitative estimate of drug-likeness (QED) is 0.886. The zero-order valence-corrected chi connectivity index (χ0v) is 13.0. The van der Waals surface area contributed by atoms with Gasteiger partial charge in [0, 0.05) is 13.0 Å². The average molecular weight is 328 g/mol. The number of fused-ring (bicyclic) bond motifs is 1. The van der Waals surface area contributed by atoms with Crippen LogP contribution in [0.15, 0.2) is 42.5 Å². The normalized spacial score (nSPS) is 12.8. The van der Waals surface area contributed by atoms with Gasteiger partial charge in [0.1, 0.15) is 11.6 Å². The van der Waals surface area contributed by atoms with Crippen molar-refractivity contribution in [1.82, 2.24) is 5.32 Å². The summed E-state index contributed by atoms with van der Waals surface area (Å²) in [7, 11) is 0. The number of halogens is 1. The third-order valence-electron chi connectivity index (χ3n) is 3.72. The van der Waals surface area contributed by atoms with E-state index in [0.717, 1.165) is 11.1 Å². The van der Waals surface area contributed by atoms with Crippen LogP contribution in [0, 0.1) is 5.82 Å². The lowest BCUT2D eigenvalue weighted by molar-refractivity contribution is -0.121. The summed E-state index contributed by atoms with van der Waals surface area (Å²) in [6.07, 6.45) is 0.897. The van der Waals surface area contributed by atoms with E-state index >= 15 is 0 Å². The third-order valence-corrected chi connectivity index (χ3v) is 3.72. The SMILES string of the molecule is O=C(CCc1ccc(F)cc1)NCc1ccc2c(c1)OCC(=O)N2. The molecule has 24 heavy (non-hydrogen) atoms. The molecule has 0 atom stereocenters. The number of aryl methyl sites for hydroxylation is 1. The van der Waals surface area contributed by atoms with Crippen LogP contribution in [0.25, 0.3) is 0 Å². The maximum atomic E-state index is 12.8. The van der Waals surface area contributed by atoms with Gasteiger partial charge in [-0.2, -0.15) is 0 Å². The summed E-state index contributed by atoms with van der Waals surface area (Å²) < 4.78 is 18.2. The molecule has 2 aromatic carbocycles. The van der Waals surface area contributed by atoms with E-state index in [9.17, 15) is 14.0 Å². The average Bonchev–Trinajstić information content (AvgIpc) is 2.59. The number of anilines is 1. The minimum absolute atomic E-state index is 0.000479. The van der Waals surface area contributed by atoms with E-state index in [1.54, 1.807) is 24.3 Å². The number of rotatable bonds is 5. The largest absolute Gasteiger partial charge is 0.482 e. The van der Waals surface area contributed by atoms with Gasteiger partial charge in [0.15, 0.2) is 6.61 Å². The molecule has 0 bridgehead atoms. The van der Waals surface area contributed by atoms with Gasteiger partial charge in [-0.25, -0.2) is 4.39 Å². The summed E-state index contributed by atoms with van der Waals surface area (Å²) >= 11 is 0. The van der Waals surface area contributed by atoms with Gasteiger partial charge in [0.05, 0.1) is 5.69 Å². The molecular formula is C18H17FN2O3. The highest BCUT2D eigenvalue weighted by Crippen LogP contribution is 2.28. The monoisotopic (exact) mass is 328 g/mol. The van der Waals surface area contributed by atoms with Crippen LogP contribution in [0.4, 0.5) is 10.1 Å². The summed E-state index contributed by atoms with van der Waals surface area (Å²) in [5, 5.41) is 5.56. The second-order valence-corrected chi connectivity index (χ2v) is 5.57. The summed E-state index contributed by atoms with van der Waals surface area (Å²) in [4.78, 5) is 23.1. The Hall–Kier alpha value is -2.89. The summed E-state index contributed by atoms with van der Waals surface area (Å²) in [6.45, 7) is 0.382. The maximum Gasteiger partial charge on any atom is 0.262 e. The Kier molecular flexibility index (Phi) is 4.74. The third kappa shape index (κ3) is 4.10. The Labute approximate surface area is 138 Å². The second kappa shape index (κ2) is 7.12. The van der Waals surface area contributed by atoms with E-state index in [1.807, 2.05) is 6.07 Å². The number of hydrogen-bond acceptors (Lipinski definition) is 3. The fraction of sp³-hybridized carbons (Fsp3) is 0.222. The van der Waals surface area contributed by atoms with Gasteiger partial charge in [-0.15, -0.1) is 0 Å². The first-order valence-electron chi connectivity index (χ1n) is 7.67.